The molecule has 1 fully saturated rings. The van der Waals surface area contributed by atoms with Crippen LogP contribution in [0.4, 0.5) is 0 Å². The third-order valence-corrected chi connectivity index (χ3v) is 4.24. The van der Waals surface area contributed by atoms with Gasteiger partial charge in [0.15, 0.2) is 0 Å². The zero-order valence-electron chi connectivity index (χ0n) is 15.0. The van der Waals surface area contributed by atoms with Gasteiger partial charge in [0.1, 0.15) is 11.5 Å². The second kappa shape index (κ2) is 8.32. The summed E-state index contributed by atoms with van der Waals surface area (Å²) in [5.74, 6) is -1.45. The van der Waals surface area contributed by atoms with Crippen LogP contribution in [0.1, 0.15) is 58.4 Å². The van der Waals surface area contributed by atoms with E-state index in [1.165, 1.54) is 6.42 Å². The van der Waals surface area contributed by atoms with E-state index in [9.17, 15) is 9.59 Å². The predicted octanol–water partition coefficient (Wildman–Crippen LogP) is 3.64. The lowest BCUT2D eigenvalue weighted by Crippen LogP contribution is -2.44. The Morgan fingerprint density at radius 3 is 2.33 bits per heavy atom. The molecular formula is C20H29NO3. The highest BCUT2D eigenvalue weighted by atomic mass is 16.6. The third kappa shape index (κ3) is 5.99. The monoisotopic (exact) mass is 331 g/mol. The van der Waals surface area contributed by atoms with Crippen LogP contribution in [-0.2, 0) is 20.7 Å². The van der Waals surface area contributed by atoms with Crippen LogP contribution in [0.5, 0.6) is 0 Å². The molecule has 1 saturated carbocycles. The summed E-state index contributed by atoms with van der Waals surface area (Å²) in [6.07, 6.45) is 5.87. The molecule has 0 spiro atoms. The number of amides is 1. The molecule has 0 radical (unpaired) electrons. The lowest BCUT2D eigenvalue weighted by Gasteiger charge is -2.27. The van der Waals surface area contributed by atoms with E-state index < -0.39 is 17.5 Å². The summed E-state index contributed by atoms with van der Waals surface area (Å²) >= 11 is 0. The second-order valence-corrected chi connectivity index (χ2v) is 7.62. The van der Waals surface area contributed by atoms with Crippen LogP contribution in [-0.4, -0.2) is 23.5 Å². The van der Waals surface area contributed by atoms with Crippen LogP contribution in [0.2, 0.25) is 0 Å². The van der Waals surface area contributed by atoms with Gasteiger partial charge in [-0.2, -0.15) is 0 Å². The van der Waals surface area contributed by atoms with Crippen molar-refractivity contribution in [2.75, 3.05) is 0 Å². The highest BCUT2D eigenvalue weighted by Gasteiger charge is 2.32. The smallest absolute Gasteiger partial charge is 0.319 e. The summed E-state index contributed by atoms with van der Waals surface area (Å²) in [5.41, 5.74) is 0.365. The van der Waals surface area contributed by atoms with Gasteiger partial charge in [0, 0.05) is 6.04 Å². The molecular weight excluding hydrogens is 302 g/mol. The third-order valence-electron chi connectivity index (χ3n) is 4.24. The fourth-order valence-corrected chi connectivity index (χ4v) is 3.05. The van der Waals surface area contributed by atoms with Crippen LogP contribution >= 0.6 is 0 Å². The maximum atomic E-state index is 12.7. The molecule has 4 nitrogen and oxygen atoms in total. The van der Waals surface area contributed by atoms with Crippen LogP contribution in [0.15, 0.2) is 30.3 Å². The summed E-state index contributed by atoms with van der Waals surface area (Å²) in [6, 6.07) is 9.82. The molecule has 1 aromatic carbocycles. The Morgan fingerprint density at radius 2 is 1.75 bits per heavy atom. The van der Waals surface area contributed by atoms with Crippen molar-refractivity contribution in [2.45, 2.75) is 70.9 Å². The van der Waals surface area contributed by atoms with Gasteiger partial charge < -0.3 is 10.1 Å². The lowest BCUT2D eigenvalue weighted by atomic mass is 9.93. The number of carbonyl (C=O) groups excluding carboxylic acids is 2. The SMILES string of the molecule is CC(C)(C)OC(=O)[C@H](Cc1ccccc1)C(=O)NC1CCCCC1. The van der Waals surface area contributed by atoms with E-state index in [4.69, 9.17) is 4.74 Å². The number of esters is 1. The lowest BCUT2D eigenvalue weighted by molar-refractivity contribution is -0.162. The van der Waals surface area contributed by atoms with Crippen molar-refractivity contribution in [3.8, 4) is 0 Å². The molecule has 1 atom stereocenters. The zero-order chi connectivity index (χ0) is 17.6. The van der Waals surface area contributed by atoms with E-state index in [1.54, 1.807) is 0 Å². The van der Waals surface area contributed by atoms with Crippen molar-refractivity contribution >= 4 is 11.9 Å². The van der Waals surface area contributed by atoms with Crippen molar-refractivity contribution in [2.24, 2.45) is 5.92 Å². The zero-order valence-corrected chi connectivity index (χ0v) is 15.0. The molecule has 24 heavy (non-hydrogen) atoms. The first-order chi connectivity index (χ1) is 11.3. The fraction of sp³-hybridized carbons (Fsp3) is 0.600. The first kappa shape index (κ1) is 18.5. The average Bonchev–Trinajstić information content (AvgIpc) is 2.52. The Balaban J connectivity index is 2.08. The van der Waals surface area contributed by atoms with E-state index in [1.807, 2.05) is 51.1 Å². The number of nitrogens with one attached hydrogen (secondary N) is 1. The van der Waals surface area contributed by atoms with Gasteiger partial charge in [-0.25, -0.2) is 0 Å². The highest BCUT2D eigenvalue weighted by Crippen LogP contribution is 2.20. The largest absolute Gasteiger partial charge is 0.459 e. The predicted molar refractivity (Wildman–Crippen MR) is 94.5 cm³/mol. The van der Waals surface area contributed by atoms with E-state index in [-0.39, 0.29) is 11.9 Å². The average molecular weight is 331 g/mol. The normalized spacial score (nSPS) is 17.1. The van der Waals surface area contributed by atoms with E-state index >= 15 is 0 Å². The molecule has 0 saturated heterocycles. The van der Waals surface area contributed by atoms with Crippen molar-refractivity contribution < 1.29 is 14.3 Å². The van der Waals surface area contributed by atoms with Crippen molar-refractivity contribution in [1.29, 1.82) is 0 Å². The topological polar surface area (TPSA) is 55.4 Å². The van der Waals surface area contributed by atoms with Gasteiger partial charge in [0.05, 0.1) is 0 Å². The maximum absolute atomic E-state index is 12.7. The number of ether oxygens (including phenoxy) is 1. The number of carbonyl (C=O) groups is 2. The molecule has 1 amide bonds. The summed E-state index contributed by atoms with van der Waals surface area (Å²) in [4.78, 5) is 25.3. The molecule has 0 aliphatic heterocycles. The van der Waals surface area contributed by atoms with Gasteiger partial charge in [-0.05, 0) is 45.6 Å². The van der Waals surface area contributed by atoms with Crippen LogP contribution < -0.4 is 5.32 Å². The van der Waals surface area contributed by atoms with Crippen molar-refractivity contribution in [3.63, 3.8) is 0 Å². The van der Waals surface area contributed by atoms with E-state index in [2.05, 4.69) is 5.32 Å². The van der Waals surface area contributed by atoms with Gasteiger partial charge in [-0.3, -0.25) is 9.59 Å². The molecule has 2 rings (SSSR count). The first-order valence-corrected chi connectivity index (χ1v) is 8.92. The second-order valence-electron chi connectivity index (χ2n) is 7.62. The van der Waals surface area contributed by atoms with Gasteiger partial charge >= 0.3 is 5.97 Å². The minimum atomic E-state index is -0.798. The molecule has 0 aromatic heterocycles. The Labute approximate surface area is 145 Å². The number of benzene rings is 1. The number of rotatable bonds is 5. The quantitative estimate of drug-likeness (QED) is 0.662. The Morgan fingerprint density at radius 1 is 1.12 bits per heavy atom. The van der Waals surface area contributed by atoms with E-state index in [0.717, 1.165) is 31.2 Å². The molecule has 0 unspecified atom stereocenters. The Hall–Kier alpha value is -1.84. The first-order valence-electron chi connectivity index (χ1n) is 8.92. The highest BCUT2D eigenvalue weighted by molar-refractivity contribution is 5.98. The molecule has 0 heterocycles. The number of hydrogen-bond acceptors (Lipinski definition) is 3. The standard InChI is InChI=1S/C20H29NO3/c1-20(2,3)24-19(23)17(14-15-10-6-4-7-11-15)18(22)21-16-12-8-5-9-13-16/h4,6-7,10-11,16-17H,5,8-9,12-14H2,1-3H3,(H,21,22)/t17-/m1/s1. The number of hydrogen-bond donors (Lipinski definition) is 1. The summed E-state index contributed by atoms with van der Waals surface area (Å²) in [6.45, 7) is 5.47. The summed E-state index contributed by atoms with van der Waals surface area (Å²) < 4.78 is 5.48. The molecule has 132 valence electrons. The van der Waals surface area contributed by atoms with Gasteiger partial charge in [-0.1, -0.05) is 49.6 Å². The minimum absolute atomic E-state index is 0.187. The summed E-state index contributed by atoms with van der Waals surface area (Å²) in [5, 5.41) is 3.07. The molecule has 4 heteroatoms. The van der Waals surface area contributed by atoms with E-state index in [0.29, 0.717) is 6.42 Å². The maximum Gasteiger partial charge on any atom is 0.319 e. The van der Waals surface area contributed by atoms with Gasteiger partial charge in [0.25, 0.3) is 0 Å². The Bertz CT molecular complexity index is 542. The molecule has 1 N–H and O–H groups in total. The molecule has 1 aliphatic carbocycles. The fourth-order valence-electron chi connectivity index (χ4n) is 3.05. The van der Waals surface area contributed by atoms with Crippen molar-refractivity contribution in [3.05, 3.63) is 35.9 Å². The van der Waals surface area contributed by atoms with Crippen LogP contribution in [0.25, 0.3) is 0 Å². The van der Waals surface area contributed by atoms with Gasteiger partial charge in [-0.15, -0.1) is 0 Å². The summed E-state index contributed by atoms with van der Waals surface area (Å²) in [7, 11) is 0. The van der Waals surface area contributed by atoms with Crippen molar-refractivity contribution in [1.82, 2.24) is 5.32 Å². The molecule has 1 aliphatic rings. The molecule has 0 bridgehead atoms. The van der Waals surface area contributed by atoms with Gasteiger partial charge in [0.2, 0.25) is 5.91 Å². The Kier molecular flexibility index (Phi) is 6.41. The molecule has 1 aromatic rings. The van der Waals surface area contributed by atoms with Crippen LogP contribution in [0.3, 0.4) is 0 Å². The minimum Gasteiger partial charge on any atom is -0.459 e. The van der Waals surface area contributed by atoms with Crippen LogP contribution in [0, 0.1) is 5.92 Å².